The van der Waals surface area contributed by atoms with Gasteiger partial charge in [0.1, 0.15) is 23.4 Å². The smallest absolute Gasteiger partial charge is 0.275 e. The molecule has 0 N–H and O–H groups in total. The number of likely N-dealkylation sites (tertiary alicyclic amines) is 1. The molecule has 8 heteroatoms. The van der Waals surface area contributed by atoms with E-state index in [9.17, 15) is 4.79 Å². The van der Waals surface area contributed by atoms with Crippen molar-refractivity contribution >= 4 is 33.2 Å². The first kappa shape index (κ1) is 20.9. The predicted octanol–water partition coefficient (Wildman–Crippen LogP) is 4.48. The molecule has 0 saturated carbocycles. The minimum atomic E-state index is -0.0782. The molecule has 6 nitrogen and oxygen atoms in total. The third-order valence-electron chi connectivity index (χ3n) is 6.29. The van der Waals surface area contributed by atoms with Crippen molar-refractivity contribution in [3.8, 4) is 21.9 Å². The third-order valence-corrected chi connectivity index (χ3v) is 7.71. The molecule has 2 aliphatic heterocycles. The van der Waals surface area contributed by atoms with Gasteiger partial charge in [-0.05, 0) is 48.0 Å². The Labute approximate surface area is 200 Å². The van der Waals surface area contributed by atoms with Crippen molar-refractivity contribution < 1.29 is 9.47 Å². The SMILES string of the molecule is O=c1c2sc(-c3ccc(Cl)cc3)cc2ncn1-c1ccc(OCCN2CC3(COC3)C2)cc1. The Balaban J connectivity index is 1.15. The van der Waals surface area contributed by atoms with E-state index in [4.69, 9.17) is 21.1 Å². The molecule has 0 atom stereocenters. The molecule has 0 amide bonds. The number of fused-ring (bicyclic) bond motifs is 1. The average molecular weight is 480 g/mol. The van der Waals surface area contributed by atoms with Crippen LogP contribution in [0.4, 0.5) is 0 Å². The first-order valence-electron chi connectivity index (χ1n) is 10.9. The molecule has 2 aromatic heterocycles. The molecule has 0 bridgehead atoms. The third kappa shape index (κ3) is 3.95. The lowest BCUT2D eigenvalue weighted by molar-refractivity contribution is -0.189. The molecule has 0 radical (unpaired) electrons. The molecule has 2 fully saturated rings. The van der Waals surface area contributed by atoms with Gasteiger partial charge in [0.2, 0.25) is 0 Å². The Morgan fingerprint density at radius 3 is 2.55 bits per heavy atom. The van der Waals surface area contributed by atoms with Crippen molar-refractivity contribution in [2.24, 2.45) is 5.41 Å². The second kappa shape index (κ2) is 8.25. The van der Waals surface area contributed by atoms with Crippen LogP contribution in [0.3, 0.4) is 0 Å². The van der Waals surface area contributed by atoms with Gasteiger partial charge in [-0.2, -0.15) is 0 Å². The number of ether oxygens (including phenoxy) is 2. The zero-order valence-electron chi connectivity index (χ0n) is 17.9. The highest BCUT2D eigenvalue weighted by molar-refractivity contribution is 7.22. The minimum absolute atomic E-state index is 0.0782. The fourth-order valence-electron chi connectivity index (χ4n) is 4.48. The minimum Gasteiger partial charge on any atom is -0.492 e. The maximum absolute atomic E-state index is 13.1. The zero-order valence-corrected chi connectivity index (χ0v) is 19.4. The largest absolute Gasteiger partial charge is 0.492 e. The molecular weight excluding hydrogens is 458 g/mol. The highest BCUT2D eigenvalue weighted by Crippen LogP contribution is 2.37. The van der Waals surface area contributed by atoms with Crippen LogP contribution in [-0.2, 0) is 4.74 Å². The van der Waals surface area contributed by atoms with E-state index in [1.807, 2.05) is 54.6 Å². The zero-order chi connectivity index (χ0) is 22.4. The normalized spacial score (nSPS) is 17.1. The number of hydrogen-bond acceptors (Lipinski definition) is 6. The van der Waals surface area contributed by atoms with Gasteiger partial charge in [0.05, 0.1) is 24.4 Å². The summed E-state index contributed by atoms with van der Waals surface area (Å²) in [5.41, 5.74) is 2.84. The van der Waals surface area contributed by atoms with Gasteiger partial charge in [-0.3, -0.25) is 14.3 Å². The number of rotatable bonds is 6. The first-order chi connectivity index (χ1) is 16.1. The standard InChI is InChI=1S/C25H22ClN3O3S/c26-18-3-1-17(2-4-18)22-11-21-23(33-22)24(30)29(16-27-21)19-5-7-20(8-6-19)32-10-9-28-12-25(13-28)14-31-15-25/h1-8,11,16H,9-10,12-15H2. The van der Waals surface area contributed by atoms with E-state index in [-0.39, 0.29) is 5.56 Å². The Bertz CT molecular complexity index is 1350. The lowest BCUT2D eigenvalue weighted by Gasteiger charge is -2.55. The molecule has 0 unspecified atom stereocenters. The van der Waals surface area contributed by atoms with E-state index in [1.54, 1.807) is 10.9 Å². The number of thiophene rings is 1. The highest BCUT2D eigenvalue weighted by atomic mass is 35.5. The van der Waals surface area contributed by atoms with E-state index in [1.165, 1.54) is 11.3 Å². The summed E-state index contributed by atoms with van der Waals surface area (Å²) < 4.78 is 13.4. The van der Waals surface area contributed by atoms with Crippen molar-refractivity contribution in [3.05, 3.63) is 76.3 Å². The Morgan fingerprint density at radius 1 is 1.09 bits per heavy atom. The summed E-state index contributed by atoms with van der Waals surface area (Å²) in [6, 6.07) is 17.1. The maximum atomic E-state index is 13.1. The van der Waals surface area contributed by atoms with Gasteiger partial charge >= 0.3 is 0 Å². The second-order valence-corrected chi connectivity index (χ2v) is 10.3. The Morgan fingerprint density at radius 2 is 1.85 bits per heavy atom. The van der Waals surface area contributed by atoms with Crippen LogP contribution in [0.5, 0.6) is 5.75 Å². The molecule has 6 rings (SSSR count). The molecule has 4 heterocycles. The molecule has 0 aliphatic carbocycles. The molecule has 1 spiro atoms. The molecular formula is C25H22ClN3O3S. The van der Waals surface area contributed by atoms with Gasteiger partial charge < -0.3 is 9.47 Å². The number of aromatic nitrogens is 2. The fraction of sp³-hybridized carbons (Fsp3) is 0.280. The van der Waals surface area contributed by atoms with Crippen molar-refractivity contribution in [1.29, 1.82) is 0 Å². The van der Waals surface area contributed by atoms with Crippen LogP contribution < -0.4 is 10.3 Å². The first-order valence-corrected chi connectivity index (χ1v) is 12.1. The van der Waals surface area contributed by atoms with Crippen LogP contribution in [-0.4, -0.2) is 53.9 Å². The Kier molecular flexibility index (Phi) is 5.22. The number of nitrogens with zero attached hydrogens (tertiary/aromatic N) is 3. The number of hydrogen-bond donors (Lipinski definition) is 0. The second-order valence-electron chi connectivity index (χ2n) is 8.80. The van der Waals surface area contributed by atoms with Crippen LogP contribution in [0.1, 0.15) is 0 Å². The van der Waals surface area contributed by atoms with Gasteiger partial charge in [-0.15, -0.1) is 11.3 Å². The molecule has 2 aromatic carbocycles. The van der Waals surface area contributed by atoms with Crippen molar-refractivity contribution in [3.63, 3.8) is 0 Å². The number of benzene rings is 2. The van der Waals surface area contributed by atoms with E-state index in [0.29, 0.717) is 27.3 Å². The van der Waals surface area contributed by atoms with E-state index in [2.05, 4.69) is 9.88 Å². The van der Waals surface area contributed by atoms with E-state index >= 15 is 0 Å². The van der Waals surface area contributed by atoms with Gasteiger partial charge in [0.25, 0.3) is 5.56 Å². The lowest BCUT2D eigenvalue weighted by atomic mass is 9.78. The summed E-state index contributed by atoms with van der Waals surface area (Å²) in [6.07, 6.45) is 1.59. The average Bonchev–Trinajstić information content (AvgIpc) is 3.21. The van der Waals surface area contributed by atoms with Crippen molar-refractivity contribution in [2.45, 2.75) is 0 Å². The summed E-state index contributed by atoms with van der Waals surface area (Å²) in [6.45, 7) is 5.58. The van der Waals surface area contributed by atoms with Crippen LogP contribution in [0.15, 0.2) is 65.7 Å². The van der Waals surface area contributed by atoms with Crippen molar-refractivity contribution in [2.75, 3.05) is 39.5 Å². The van der Waals surface area contributed by atoms with Crippen LogP contribution >= 0.6 is 22.9 Å². The van der Waals surface area contributed by atoms with Gasteiger partial charge in [-0.1, -0.05) is 23.7 Å². The summed E-state index contributed by atoms with van der Waals surface area (Å²) >= 11 is 7.44. The molecule has 2 saturated heterocycles. The fourth-order valence-corrected chi connectivity index (χ4v) is 5.65. The summed E-state index contributed by atoms with van der Waals surface area (Å²) in [4.78, 5) is 21.1. The van der Waals surface area contributed by atoms with Gasteiger partial charge in [-0.25, -0.2) is 4.98 Å². The van der Waals surface area contributed by atoms with Gasteiger partial charge in [0.15, 0.2) is 0 Å². The summed E-state index contributed by atoms with van der Waals surface area (Å²) in [5.74, 6) is 0.796. The van der Waals surface area contributed by atoms with Gasteiger partial charge in [0, 0.05) is 34.9 Å². The quantitative estimate of drug-likeness (QED) is 0.408. The van der Waals surface area contributed by atoms with Crippen molar-refractivity contribution in [1.82, 2.24) is 14.5 Å². The predicted molar refractivity (Wildman–Crippen MR) is 131 cm³/mol. The lowest BCUT2D eigenvalue weighted by Crippen LogP contribution is -2.66. The van der Waals surface area contributed by atoms with E-state index in [0.717, 1.165) is 54.7 Å². The summed E-state index contributed by atoms with van der Waals surface area (Å²) in [7, 11) is 0. The highest BCUT2D eigenvalue weighted by Gasteiger charge is 2.48. The topological polar surface area (TPSA) is 56.6 Å². The Hall–Kier alpha value is -2.71. The van der Waals surface area contributed by atoms with Crippen LogP contribution in [0.25, 0.3) is 26.3 Å². The maximum Gasteiger partial charge on any atom is 0.275 e. The monoisotopic (exact) mass is 479 g/mol. The molecule has 4 aromatic rings. The molecule has 2 aliphatic rings. The van der Waals surface area contributed by atoms with Crippen LogP contribution in [0, 0.1) is 5.41 Å². The van der Waals surface area contributed by atoms with E-state index < -0.39 is 0 Å². The molecule has 33 heavy (non-hydrogen) atoms. The number of halogens is 1. The summed E-state index contributed by atoms with van der Waals surface area (Å²) in [5, 5.41) is 0.686. The molecule has 168 valence electrons. The van der Waals surface area contributed by atoms with Crippen LogP contribution in [0.2, 0.25) is 5.02 Å².